The standard InChI is InChI=1S/C23H23ClF3N5O3/c1-12-19(32(11-22(12,2)3)17(33)10-30-21(35)23(25,26)27)20(34)31-16(7-28)14-9-29-8-13-5-4-6-15(24)18(13)14/h4-6,8-9,12,16,19H,10-11H2,1-3H3,(H,30,35)(H,31,34)/t12-,16?,19-/m0/s1. The Morgan fingerprint density at radius 3 is 2.63 bits per heavy atom. The average molecular weight is 510 g/mol. The lowest BCUT2D eigenvalue weighted by atomic mass is 9.80. The molecule has 1 fully saturated rings. The van der Waals surface area contributed by atoms with E-state index in [-0.39, 0.29) is 6.54 Å². The second-order valence-electron chi connectivity index (χ2n) is 9.06. The SMILES string of the molecule is C[C@H]1[C@@H](C(=O)NC(C#N)c2cncc3cccc(Cl)c23)N(C(=O)CNC(=O)C(F)(F)F)CC1(C)C. The van der Waals surface area contributed by atoms with Crippen molar-refractivity contribution in [2.24, 2.45) is 11.3 Å². The first kappa shape index (κ1) is 26.2. The van der Waals surface area contributed by atoms with Gasteiger partial charge in [0, 0.05) is 40.3 Å². The van der Waals surface area contributed by atoms with E-state index in [9.17, 15) is 32.8 Å². The fourth-order valence-corrected chi connectivity index (χ4v) is 4.48. The summed E-state index contributed by atoms with van der Waals surface area (Å²) in [7, 11) is 0. The first-order valence-electron chi connectivity index (χ1n) is 10.6. The highest BCUT2D eigenvalue weighted by molar-refractivity contribution is 6.35. The zero-order chi connectivity index (χ0) is 26.1. The number of halogens is 4. The number of rotatable bonds is 5. The topological polar surface area (TPSA) is 115 Å². The van der Waals surface area contributed by atoms with Gasteiger partial charge < -0.3 is 15.5 Å². The van der Waals surface area contributed by atoms with Gasteiger partial charge in [-0.3, -0.25) is 19.4 Å². The normalized spacial score (nSPS) is 20.2. The third-order valence-corrected chi connectivity index (χ3v) is 6.67. The molecule has 1 aliphatic heterocycles. The summed E-state index contributed by atoms with van der Waals surface area (Å²) in [5.74, 6) is -4.15. The first-order valence-corrected chi connectivity index (χ1v) is 11.0. The minimum absolute atomic E-state index is 0.0752. The van der Waals surface area contributed by atoms with E-state index in [4.69, 9.17) is 11.6 Å². The third-order valence-electron chi connectivity index (χ3n) is 6.35. The van der Waals surface area contributed by atoms with Crippen LogP contribution in [0.3, 0.4) is 0 Å². The fourth-order valence-electron chi connectivity index (χ4n) is 4.19. The number of likely N-dealkylation sites (tertiary alicyclic amines) is 1. The lowest BCUT2D eigenvalue weighted by Gasteiger charge is -2.28. The first-order chi connectivity index (χ1) is 16.3. The molecule has 1 aromatic carbocycles. The minimum atomic E-state index is -5.14. The van der Waals surface area contributed by atoms with Crippen molar-refractivity contribution in [3.05, 3.63) is 41.2 Å². The van der Waals surface area contributed by atoms with Gasteiger partial charge >= 0.3 is 12.1 Å². The largest absolute Gasteiger partial charge is 0.471 e. The molecule has 2 N–H and O–H groups in total. The number of amides is 3. The Morgan fingerprint density at radius 1 is 1.31 bits per heavy atom. The molecule has 2 aromatic rings. The molecule has 12 heteroatoms. The van der Waals surface area contributed by atoms with Gasteiger partial charge in [-0.05, 0) is 17.4 Å². The van der Waals surface area contributed by atoms with Crippen LogP contribution in [0.2, 0.25) is 5.02 Å². The van der Waals surface area contributed by atoms with Crippen LogP contribution in [0, 0.1) is 22.7 Å². The van der Waals surface area contributed by atoms with E-state index in [1.165, 1.54) is 6.20 Å². The van der Waals surface area contributed by atoms with E-state index in [2.05, 4.69) is 10.3 Å². The molecule has 0 radical (unpaired) electrons. The molecular weight excluding hydrogens is 487 g/mol. The maximum absolute atomic E-state index is 13.3. The van der Waals surface area contributed by atoms with Crippen molar-refractivity contribution < 1.29 is 27.6 Å². The molecule has 1 saturated heterocycles. The maximum Gasteiger partial charge on any atom is 0.471 e. The van der Waals surface area contributed by atoms with Crippen molar-refractivity contribution in [3.63, 3.8) is 0 Å². The van der Waals surface area contributed by atoms with Gasteiger partial charge in [0.2, 0.25) is 11.8 Å². The molecule has 35 heavy (non-hydrogen) atoms. The summed E-state index contributed by atoms with van der Waals surface area (Å²) in [6, 6.07) is 4.90. The van der Waals surface area contributed by atoms with Crippen LogP contribution in [-0.4, -0.2) is 52.9 Å². The summed E-state index contributed by atoms with van der Waals surface area (Å²) in [5, 5.41) is 15.6. The Bertz CT molecular complexity index is 1210. The number of pyridine rings is 1. The van der Waals surface area contributed by atoms with Gasteiger partial charge in [0.15, 0.2) is 0 Å². The van der Waals surface area contributed by atoms with Gasteiger partial charge in [-0.15, -0.1) is 0 Å². The minimum Gasteiger partial charge on any atom is -0.339 e. The van der Waals surface area contributed by atoms with Gasteiger partial charge in [0.1, 0.15) is 12.1 Å². The summed E-state index contributed by atoms with van der Waals surface area (Å²) in [6.07, 6.45) is -2.15. The van der Waals surface area contributed by atoms with Crippen LogP contribution in [0.4, 0.5) is 13.2 Å². The number of carbonyl (C=O) groups is 3. The highest BCUT2D eigenvalue weighted by Gasteiger charge is 2.50. The van der Waals surface area contributed by atoms with Gasteiger partial charge in [0.25, 0.3) is 0 Å². The lowest BCUT2D eigenvalue weighted by molar-refractivity contribution is -0.174. The predicted octanol–water partition coefficient (Wildman–Crippen LogP) is 3.12. The zero-order valence-corrected chi connectivity index (χ0v) is 19.9. The Morgan fingerprint density at radius 2 is 2.00 bits per heavy atom. The van der Waals surface area contributed by atoms with Crippen molar-refractivity contribution in [1.82, 2.24) is 20.5 Å². The van der Waals surface area contributed by atoms with E-state index in [1.807, 2.05) is 19.9 Å². The Balaban J connectivity index is 1.86. The second kappa shape index (κ2) is 9.70. The number of hydrogen-bond acceptors (Lipinski definition) is 5. The van der Waals surface area contributed by atoms with Gasteiger partial charge in [-0.25, -0.2) is 0 Å². The molecular formula is C23H23ClF3N5O3. The molecule has 3 rings (SSSR count). The lowest BCUT2D eigenvalue weighted by Crippen LogP contribution is -2.52. The molecule has 0 bridgehead atoms. The van der Waals surface area contributed by atoms with Crippen LogP contribution in [0.5, 0.6) is 0 Å². The molecule has 0 aliphatic carbocycles. The molecule has 1 unspecified atom stereocenters. The van der Waals surface area contributed by atoms with Crippen LogP contribution >= 0.6 is 11.6 Å². The molecule has 186 valence electrons. The van der Waals surface area contributed by atoms with Gasteiger partial charge in [-0.1, -0.05) is 44.5 Å². The number of aromatic nitrogens is 1. The molecule has 0 saturated carbocycles. The molecule has 1 aromatic heterocycles. The summed E-state index contributed by atoms with van der Waals surface area (Å²) in [5.41, 5.74) is -0.192. The van der Waals surface area contributed by atoms with Crippen LogP contribution in [-0.2, 0) is 14.4 Å². The summed E-state index contributed by atoms with van der Waals surface area (Å²) in [4.78, 5) is 42.5. The molecule has 3 amide bonds. The van der Waals surface area contributed by atoms with E-state index < -0.39 is 53.9 Å². The van der Waals surface area contributed by atoms with Gasteiger partial charge in [0.05, 0.1) is 12.6 Å². The van der Waals surface area contributed by atoms with E-state index in [0.717, 1.165) is 4.90 Å². The maximum atomic E-state index is 13.3. The number of carbonyl (C=O) groups excluding carboxylic acids is 3. The smallest absolute Gasteiger partial charge is 0.339 e. The van der Waals surface area contributed by atoms with Gasteiger partial charge in [-0.2, -0.15) is 18.4 Å². The Kier molecular flexibility index (Phi) is 7.26. The average Bonchev–Trinajstić information content (AvgIpc) is 3.03. The number of nitriles is 1. The van der Waals surface area contributed by atoms with Crippen LogP contribution in [0.25, 0.3) is 10.8 Å². The van der Waals surface area contributed by atoms with Crippen LogP contribution in [0.15, 0.2) is 30.6 Å². The molecule has 2 heterocycles. The van der Waals surface area contributed by atoms with Crippen LogP contribution < -0.4 is 10.6 Å². The van der Waals surface area contributed by atoms with Crippen LogP contribution in [0.1, 0.15) is 32.4 Å². The molecule has 8 nitrogen and oxygen atoms in total. The number of nitrogens with one attached hydrogen (secondary N) is 2. The highest BCUT2D eigenvalue weighted by atomic mass is 35.5. The quantitative estimate of drug-likeness (QED) is 0.642. The van der Waals surface area contributed by atoms with Crippen molar-refractivity contribution in [1.29, 1.82) is 5.26 Å². The van der Waals surface area contributed by atoms with E-state index in [0.29, 0.717) is 21.4 Å². The van der Waals surface area contributed by atoms with Crippen molar-refractivity contribution in [2.75, 3.05) is 13.1 Å². The van der Waals surface area contributed by atoms with Crippen molar-refractivity contribution in [2.45, 2.75) is 39.0 Å². The second-order valence-corrected chi connectivity index (χ2v) is 9.47. The number of nitrogens with zero attached hydrogens (tertiary/aromatic N) is 3. The Labute approximate surface area is 204 Å². The van der Waals surface area contributed by atoms with E-state index in [1.54, 1.807) is 36.6 Å². The number of hydrogen-bond donors (Lipinski definition) is 2. The molecule has 0 spiro atoms. The Hall–Kier alpha value is -3.39. The number of benzene rings is 1. The zero-order valence-electron chi connectivity index (χ0n) is 19.1. The monoisotopic (exact) mass is 509 g/mol. The highest BCUT2D eigenvalue weighted by Crippen LogP contribution is 2.40. The number of alkyl halides is 3. The van der Waals surface area contributed by atoms with E-state index >= 15 is 0 Å². The fraction of sp³-hybridized carbons (Fsp3) is 0.435. The summed E-state index contributed by atoms with van der Waals surface area (Å²) in [6.45, 7) is 4.52. The van der Waals surface area contributed by atoms with Crippen molar-refractivity contribution in [3.8, 4) is 6.07 Å². The summed E-state index contributed by atoms with van der Waals surface area (Å²) < 4.78 is 37.5. The number of fused-ring (bicyclic) bond motifs is 1. The third kappa shape index (κ3) is 5.32. The predicted molar refractivity (Wildman–Crippen MR) is 121 cm³/mol. The summed E-state index contributed by atoms with van der Waals surface area (Å²) >= 11 is 6.33. The molecule has 3 atom stereocenters. The van der Waals surface area contributed by atoms with Crippen molar-refractivity contribution >= 4 is 40.1 Å². The molecule has 1 aliphatic rings.